The highest BCUT2D eigenvalue weighted by Gasteiger charge is 2.57. The number of thioether (sulfide) groups is 2. The summed E-state index contributed by atoms with van der Waals surface area (Å²) in [5, 5.41) is 3.06. The van der Waals surface area contributed by atoms with Crippen molar-refractivity contribution in [2.24, 2.45) is 0 Å². The molecular weight excluding hydrogens is 364 g/mol. The molecule has 2 heterocycles. The van der Waals surface area contributed by atoms with Crippen LogP contribution in [-0.2, 0) is 9.59 Å². The van der Waals surface area contributed by atoms with Gasteiger partial charge in [0.25, 0.3) is 5.91 Å². The van der Waals surface area contributed by atoms with E-state index in [1.165, 1.54) is 16.7 Å². The fraction of sp³-hybridized carbons (Fsp3) is 0.300. The Kier molecular flexibility index (Phi) is 4.96. The molecule has 1 unspecified atom stereocenters. The SMILES string of the molecule is O=C1CCC2(C(=O)NCCCSc3ccccc3)Sc3ccccc3N12. The second-order valence-corrected chi connectivity index (χ2v) is 8.84. The van der Waals surface area contributed by atoms with Gasteiger partial charge in [-0.3, -0.25) is 14.5 Å². The third kappa shape index (κ3) is 3.12. The number of carbonyl (C=O) groups is 2. The van der Waals surface area contributed by atoms with E-state index in [9.17, 15) is 9.59 Å². The summed E-state index contributed by atoms with van der Waals surface area (Å²) in [6, 6.07) is 18.0. The number of benzene rings is 2. The van der Waals surface area contributed by atoms with Gasteiger partial charge in [0.1, 0.15) is 0 Å². The summed E-state index contributed by atoms with van der Waals surface area (Å²) in [6.45, 7) is 0.624. The molecular formula is C20H20N2O2S2. The van der Waals surface area contributed by atoms with Crippen molar-refractivity contribution in [3.05, 3.63) is 54.6 Å². The zero-order valence-electron chi connectivity index (χ0n) is 14.3. The maximum Gasteiger partial charge on any atom is 0.257 e. The second kappa shape index (κ2) is 7.37. The predicted molar refractivity (Wildman–Crippen MR) is 107 cm³/mol. The van der Waals surface area contributed by atoms with Crippen LogP contribution < -0.4 is 10.2 Å². The first-order valence-corrected chi connectivity index (χ1v) is 10.6. The van der Waals surface area contributed by atoms with Gasteiger partial charge in [0.05, 0.1) is 5.69 Å². The van der Waals surface area contributed by atoms with Gasteiger partial charge in [0.2, 0.25) is 5.91 Å². The van der Waals surface area contributed by atoms with Gasteiger partial charge < -0.3 is 5.32 Å². The standard InChI is InChI=1S/C20H20N2O2S2/c23-18-11-12-20(22(18)16-9-4-5-10-17(16)26-20)19(24)21-13-6-14-25-15-7-2-1-3-8-15/h1-5,7-10H,6,11-14H2,(H,21,24). The van der Waals surface area contributed by atoms with Crippen molar-refractivity contribution in [2.45, 2.75) is 33.9 Å². The van der Waals surface area contributed by atoms with Crippen molar-refractivity contribution in [2.75, 3.05) is 17.2 Å². The Labute approximate surface area is 161 Å². The van der Waals surface area contributed by atoms with Crippen molar-refractivity contribution in [1.29, 1.82) is 0 Å². The van der Waals surface area contributed by atoms with E-state index in [0.717, 1.165) is 22.8 Å². The first-order valence-electron chi connectivity index (χ1n) is 8.78. The minimum atomic E-state index is -0.798. The lowest BCUT2D eigenvalue weighted by molar-refractivity contribution is -0.124. The maximum atomic E-state index is 13.0. The molecule has 2 aliphatic rings. The van der Waals surface area contributed by atoms with Crippen LogP contribution in [0.5, 0.6) is 0 Å². The molecule has 0 bridgehead atoms. The number of hydrogen-bond acceptors (Lipinski definition) is 4. The molecule has 6 heteroatoms. The smallest absolute Gasteiger partial charge is 0.257 e. The summed E-state index contributed by atoms with van der Waals surface area (Å²) in [6.07, 6.45) is 1.89. The molecule has 26 heavy (non-hydrogen) atoms. The van der Waals surface area contributed by atoms with Crippen molar-refractivity contribution in [3.8, 4) is 0 Å². The maximum absolute atomic E-state index is 13.0. The molecule has 1 fully saturated rings. The van der Waals surface area contributed by atoms with Crippen LogP contribution in [0.25, 0.3) is 0 Å². The van der Waals surface area contributed by atoms with Gasteiger partial charge >= 0.3 is 0 Å². The fourth-order valence-electron chi connectivity index (χ4n) is 3.42. The molecule has 0 spiro atoms. The molecule has 134 valence electrons. The molecule has 0 radical (unpaired) electrons. The van der Waals surface area contributed by atoms with Gasteiger partial charge in [0.15, 0.2) is 4.87 Å². The minimum absolute atomic E-state index is 0.0391. The molecule has 0 aliphatic carbocycles. The average Bonchev–Trinajstić information content (AvgIpc) is 3.18. The third-order valence-corrected chi connectivity index (χ3v) is 7.22. The first kappa shape index (κ1) is 17.5. The minimum Gasteiger partial charge on any atom is -0.353 e. The zero-order valence-corrected chi connectivity index (χ0v) is 15.9. The summed E-state index contributed by atoms with van der Waals surface area (Å²) in [5.74, 6) is 0.944. The molecule has 2 aromatic carbocycles. The zero-order chi connectivity index (χ0) is 18.0. The second-order valence-electron chi connectivity index (χ2n) is 6.35. The van der Waals surface area contributed by atoms with Crippen LogP contribution in [0.4, 0.5) is 5.69 Å². The molecule has 2 aromatic rings. The lowest BCUT2D eigenvalue weighted by atomic mass is 10.2. The van der Waals surface area contributed by atoms with E-state index in [4.69, 9.17) is 0 Å². The molecule has 2 aliphatic heterocycles. The van der Waals surface area contributed by atoms with Crippen LogP contribution in [0, 0.1) is 0 Å². The highest BCUT2D eigenvalue weighted by molar-refractivity contribution is 8.02. The molecule has 0 aromatic heterocycles. The quantitative estimate of drug-likeness (QED) is 0.606. The molecule has 1 atom stereocenters. The van der Waals surface area contributed by atoms with Crippen LogP contribution in [0.3, 0.4) is 0 Å². The number of hydrogen-bond donors (Lipinski definition) is 1. The predicted octanol–water partition coefficient (Wildman–Crippen LogP) is 3.91. The number of para-hydroxylation sites is 1. The largest absolute Gasteiger partial charge is 0.353 e. The van der Waals surface area contributed by atoms with Gasteiger partial charge in [-0.2, -0.15) is 0 Å². The van der Waals surface area contributed by atoms with Crippen LogP contribution in [0.2, 0.25) is 0 Å². The highest BCUT2D eigenvalue weighted by atomic mass is 32.2. The van der Waals surface area contributed by atoms with Crippen LogP contribution in [0.15, 0.2) is 64.4 Å². The lowest BCUT2D eigenvalue weighted by Gasteiger charge is -2.29. The van der Waals surface area contributed by atoms with Gasteiger partial charge in [-0.05, 0) is 42.9 Å². The number of nitrogens with zero attached hydrogens (tertiary/aromatic N) is 1. The van der Waals surface area contributed by atoms with E-state index in [0.29, 0.717) is 19.4 Å². The van der Waals surface area contributed by atoms with E-state index in [1.54, 1.807) is 16.7 Å². The van der Waals surface area contributed by atoms with E-state index < -0.39 is 4.87 Å². The number of amides is 2. The van der Waals surface area contributed by atoms with Gasteiger partial charge in [-0.15, -0.1) is 11.8 Å². The average molecular weight is 385 g/mol. The van der Waals surface area contributed by atoms with Crippen molar-refractivity contribution >= 4 is 41.0 Å². The molecule has 1 saturated heterocycles. The summed E-state index contributed by atoms with van der Waals surface area (Å²) in [7, 11) is 0. The van der Waals surface area contributed by atoms with Crippen LogP contribution >= 0.6 is 23.5 Å². The van der Waals surface area contributed by atoms with E-state index >= 15 is 0 Å². The number of anilines is 1. The summed E-state index contributed by atoms with van der Waals surface area (Å²) >= 11 is 3.31. The Morgan fingerprint density at radius 1 is 1.15 bits per heavy atom. The van der Waals surface area contributed by atoms with Crippen molar-refractivity contribution < 1.29 is 9.59 Å². The normalized spacial score (nSPS) is 20.8. The number of fused-ring (bicyclic) bond motifs is 3. The third-order valence-electron chi connectivity index (χ3n) is 4.65. The Balaban J connectivity index is 1.35. The van der Waals surface area contributed by atoms with Crippen LogP contribution in [-0.4, -0.2) is 29.0 Å². The van der Waals surface area contributed by atoms with Crippen LogP contribution in [0.1, 0.15) is 19.3 Å². The number of nitrogens with one attached hydrogen (secondary N) is 1. The Bertz CT molecular complexity index is 828. The molecule has 4 rings (SSSR count). The Morgan fingerprint density at radius 3 is 2.77 bits per heavy atom. The van der Waals surface area contributed by atoms with E-state index in [-0.39, 0.29) is 11.8 Å². The van der Waals surface area contributed by atoms with Gasteiger partial charge in [-0.25, -0.2) is 0 Å². The molecule has 2 amide bonds. The van der Waals surface area contributed by atoms with Gasteiger partial charge in [0, 0.05) is 22.8 Å². The van der Waals surface area contributed by atoms with Gasteiger partial charge in [-0.1, -0.05) is 42.1 Å². The summed E-state index contributed by atoms with van der Waals surface area (Å²) in [4.78, 5) is 28.5. The van der Waals surface area contributed by atoms with E-state index in [2.05, 4.69) is 17.4 Å². The molecule has 1 N–H and O–H groups in total. The highest BCUT2D eigenvalue weighted by Crippen LogP contribution is 2.55. The number of rotatable bonds is 6. The molecule has 4 nitrogen and oxygen atoms in total. The fourth-order valence-corrected chi connectivity index (χ4v) is 5.73. The van der Waals surface area contributed by atoms with E-state index in [1.807, 2.05) is 42.5 Å². The van der Waals surface area contributed by atoms with Crippen molar-refractivity contribution in [3.63, 3.8) is 0 Å². The topological polar surface area (TPSA) is 49.4 Å². The summed E-state index contributed by atoms with van der Waals surface area (Å²) < 4.78 is 0. The monoisotopic (exact) mass is 384 g/mol. The first-order chi connectivity index (χ1) is 12.7. The molecule has 0 saturated carbocycles. The number of carbonyl (C=O) groups excluding carboxylic acids is 2. The lowest BCUT2D eigenvalue weighted by Crippen LogP contribution is -2.52. The van der Waals surface area contributed by atoms with Crippen molar-refractivity contribution in [1.82, 2.24) is 5.32 Å². The summed E-state index contributed by atoms with van der Waals surface area (Å²) in [5.41, 5.74) is 0.870. The Hall–Kier alpha value is -1.92. The Morgan fingerprint density at radius 2 is 1.92 bits per heavy atom.